The van der Waals surface area contributed by atoms with Crippen molar-refractivity contribution in [1.29, 1.82) is 0 Å². The molecule has 0 unspecified atom stereocenters. The predicted molar refractivity (Wildman–Crippen MR) is 88.5 cm³/mol. The molecule has 0 saturated heterocycles. The van der Waals surface area contributed by atoms with Gasteiger partial charge in [-0.2, -0.15) is 5.10 Å². The van der Waals surface area contributed by atoms with Gasteiger partial charge >= 0.3 is 0 Å². The molecule has 0 amide bonds. The highest BCUT2D eigenvalue weighted by Gasteiger charge is 2.11. The van der Waals surface area contributed by atoms with Crippen molar-refractivity contribution in [3.05, 3.63) is 53.3 Å². The van der Waals surface area contributed by atoms with E-state index in [1.165, 1.54) is 16.8 Å². The summed E-state index contributed by atoms with van der Waals surface area (Å²) in [4.78, 5) is 0. The van der Waals surface area contributed by atoms with Crippen LogP contribution in [-0.4, -0.2) is 15.3 Å². The van der Waals surface area contributed by atoms with Gasteiger partial charge in [-0.15, -0.1) is 0 Å². The van der Waals surface area contributed by atoms with Gasteiger partial charge in [0.2, 0.25) is 0 Å². The SMILES string of the molecule is CC(C)c1ccc(Cn2nccc2CNC(C)(C)C)cc1. The lowest BCUT2D eigenvalue weighted by Crippen LogP contribution is -2.35. The Morgan fingerprint density at radius 3 is 2.33 bits per heavy atom. The van der Waals surface area contributed by atoms with Gasteiger partial charge in [0.25, 0.3) is 0 Å². The fourth-order valence-corrected chi connectivity index (χ4v) is 2.19. The molecule has 2 aromatic rings. The summed E-state index contributed by atoms with van der Waals surface area (Å²) in [5.74, 6) is 0.579. The maximum absolute atomic E-state index is 4.45. The summed E-state index contributed by atoms with van der Waals surface area (Å²) in [6.07, 6.45) is 1.88. The first-order chi connectivity index (χ1) is 9.85. The summed E-state index contributed by atoms with van der Waals surface area (Å²) in [5.41, 5.74) is 4.01. The summed E-state index contributed by atoms with van der Waals surface area (Å²) in [7, 11) is 0. The number of benzene rings is 1. The zero-order valence-electron chi connectivity index (χ0n) is 13.9. The number of hydrogen-bond acceptors (Lipinski definition) is 2. The molecule has 0 spiro atoms. The second kappa shape index (κ2) is 6.44. The summed E-state index contributed by atoms with van der Waals surface area (Å²) in [6, 6.07) is 10.9. The molecule has 1 aromatic heterocycles. The van der Waals surface area contributed by atoms with E-state index in [9.17, 15) is 0 Å². The van der Waals surface area contributed by atoms with Crippen LogP contribution in [0.1, 0.15) is 57.4 Å². The highest BCUT2D eigenvalue weighted by atomic mass is 15.3. The Morgan fingerprint density at radius 1 is 1.10 bits per heavy atom. The molecule has 21 heavy (non-hydrogen) atoms. The van der Waals surface area contributed by atoms with Crippen molar-refractivity contribution in [1.82, 2.24) is 15.1 Å². The third kappa shape index (κ3) is 4.71. The van der Waals surface area contributed by atoms with Crippen molar-refractivity contribution < 1.29 is 0 Å². The lowest BCUT2D eigenvalue weighted by Gasteiger charge is -2.20. The molecule has 1 aromatic carbocycles. The molecule has 0 atom stereocenters. The minimum atomic E-state index is 0.119. The van der Waals surface area contributed by atoms with Crippen LogP contribution in [0.5, 0.6) is 0 Å². The minimum Gasteiger partial charge on any atom is -0.306 e. The van der Waals surface area contributed by atoms with E-state index < -0.39 is 0 Å². The third-order valence-corrected chi connectivity index (χ3v) is 3.58. The molecule has 0 aliphatic heterocycles. The van der Waals surface area contributed by atoms with E-state index in [0.29, 0.717) is 5.92 Å². The summed E-state index contributed by atoms with van der Waals surface area (Å²) >= 11 is 0. The Balaban J connectivity index is 2.04. The zero-order valence-corrected chi connectivity index (χ0v) is 13.9. The van der Waals surface area contributed by atoms with Crippen LogP contribution >= 0.6 is 0 Å². The molecule has 0 radical (unpaired) electrons. The van der Waals surface area contributed by atoms with E-state index in [1.807, 2.05) is 6.20 Å². The molecule has 0 saturated carbocycles. The van der Waals surface area contributed by atoms with Crippen LogP contribution in [0.4, 0.5) is 0 Å². The molecule has 1 N–H and O–H groups in total. The van der Waals surface area contributed by atoms with E-state index in [4.69, 9.17) is 0 Å². The van der Waals surface area contributed by atoms with E-state index in [-0.39, 0.29) is 5.54 Å². The summed E-state index contributed by atoms with van der Waals surface area (Å²) in [5, 5.41) is 7.96. The van der Waals surface area contributed by atoms with Crippen LogP contribution in [0, 0.1) is 0 Å². The topological polar surface area (TPSA) is 29.9 Å². The maximum Gasteiger partial charge on any atom is 0.0663 e. The minimum absolute atomic E-state index is 0.119. The van der Waals surface area contributed by atoms with Crippen LogP contribution in [0.2, 0.25) is 0 Å². The lowest BCUT2D eigenvalue weighted by atomic mass is 10.0. The van der Waals surface area contributed by atoms with Crippen molar-refractivity contribution >= 4 is 0 Å². The summed E-state index contributed by atoms with van der Waals surface area (Å²) in [6.45, 7) is 12.6. The van der Waals surface area contributed by atoms with Gasteiger partial charge in [0.05, 0.1) is 12.2 Å². The molecule has 3 heteroatoms. The molecule has 0 aliphatic carbocycles. The van der Waals surface area contributed by atoms with Crippen LogP contribution in [0.15, 0.2) is 36.5 Å². The van der Waals surface area contributed by atoms with Crippen LogP contribution < -0.4 is 5.32 Å². The van der Waals surface area contributed by atoms with Crippen LogP contribution in [-0.2, 0) is 13.1 Å². The first-order valence-corrected chi connectivity index (χ1v) is 7.70. The molecule has 3 nitrogen and oxygen atoms in total. The smallest absolute Gasteiger partial charge is 0.0663 e. The van der Waals surface area contributed by atoms with Gasteiger partial charge in [-0.05, 0) is 43.9 Å². The number of aromatic nitrogens is 2. The maximum atomic E-state index is 4.45. The van der Waals surface area contributed by atoms with Crippen molar-refractivity contribution in [2.24, 2.45) is 0 Å². The number of nitrogens with zero attached hydrogens (tertiary/aromatic N) is 2. The molecule has 1 heterocycles. The largest absolute Gasteiger partial charge is 0.306 e. The van der Waals surface area contributed by atoms with Crippen LogP contribution in [0.25, 0.3) is 0 Å². The quantitative estimate of drug-likeness (QED) is 0.901. The Labute approximate surface area is 128 Å². The molecule has 2 rings (SSSR count). The molecular formula is C18H27N3. The monoisotopic (exact) mass is 285 g/mol. The number of nitrogens with one attached hydrogen (secondary N) is 1. The average molecular weight is 285 g/mol. The first kappa shape index (κ1) is 15.8. The van der Waals surface area contributed by atoms with Gasteiger partial charge < -0.3 is 5.32 Å². The Morgan fingerprint density at radius 2 is 1.76 bits per heavy atom. The van der Waals surface area contributed by atoms with Gasteiger partial charge in [-0.25, -0.2) is 0 Å². The van der Waals surface area contributed by atoms with Gasteiger partial charge in [-0.3, -0.25) is 4.68 Å². The zero-order chi connectivity index (χ0) is 15.5. The normalized spacial score (nSPS) is 12.1. The van der Waals surface area contributed by atoms with E-state index >= 15 is 0 Å². The third-order valence-electron chi connectivity index (χ3n) is 3.58. The molecule has 114 valence electrons. The standard InChI is InChI=1S/C18H27N3/c1-14(2)16-8-6-15(7-9-16)13-21-17(10-11-20-21)12-19-18(3,4)5/h6-11,14,19H,12-13H2,1-5H3. The van der Waals surface area contributed by atoms with Gasteiger partial charge in [0.15, 0.2) is 0 Å². The van der Waals surface area contributed by atoms with Crippen molar-refractivity contribution in [2.45, 2.75) is 59.2 Å². The Bertz CT molecular complexity index is 559. The van der Waals surface area contributed by atoms with Crippen molar-refractivity contribution in [2.75, 3.05) is 0 Å². The second-order valence-electron chi connectivity index (χ2n) is 6.98. The lowest BCUT2D eigenvalue weighted by molar-refractivity contribution is 0.414. The molecule has 0 aliphatic rings. The van der Waals surface area contributed by atoms with Crippen molar-refractivity contribution in [3.8, 4) is 0 Å². The van der Waals surface area contributed by atoms with Crippen molar-refractivity contribution in [3.63, 3.8) is 0 Å². The number of hydrogen-bond donors (Lipinski definition) is 1. The molecule has 0 bridgehead atoms. The first-order valence-electron chi connectivity index (χ1n) is 7.70. The van der Waals surface area contributed by atoms with E-state index in [2.05, 4.69) is 80.0 Å². The van der Waals surface area contributed by atoms with Gasteiger partial charge in [0, 0.05) is 18.3 Å². The van der Waals surface area contributed by atoms with Gasteiger partial charge in [-0.1, -0.05) is 38.1 Å². The highest BCUT2D eigenvalue weighted by Crippen LogP contribution is 2.15. The fourth-order valence-electron chi connectivity index (χ4n) is 2.19. The molecule has 0 fully saturated rings. The van der Waals surface area contributed by atoms with E-state index in [1.54, 1.807) is 0 Å². The van der Waals surface area contributed by atoms with Crippen LogP contribution in [0.3, 0.4) is 0 Å². The average Bonchev–Trinajstić information content (AvgIpc) is 2.83. The predicted octanol–water partition coefficient (Wildman–Crippen LogP) is 3.94. The fraction of sp³-hybridized carbons (Fsp3) is 0.500. The van der Waals surface area contributed by atoms with E-state index in [0.717, 1.165) is 13.1 Å². The second-order valence-corrected chi connectivity index (χ2v) is 6.98. The Kier molecular flexibility index (Phi) is 4.84. The van der Waals surface area contributed by atoms with Gasteiger partial charge in [0.1, 0.15) is 0 Å². The Hall–Kier alpha value is -1.61. The summed E-state index contributed by atoms with van der Waals surface area (Å²) < 4.78 is 2.07. The molecular weight excluding hydrogens is 258 g/mol. The number of rotatable bonds is 5. The highest BCUT2D eigenvalue weighted by molar-refractivity contribution is 5.25.